The molecular weight excluding hydrogens is 529 g/mol. The van der Waals surface area contributed by atoms with Gasteiger partial charge in [-0.25, -0.2) is 9.78 Å². The van der Waals surface area contributed by atoms with E-state index >= 15 is 0 Å². The van der Waals surface area contributed by atoms with Crippen LogP contribution in [-0.4, -0.2) is 65.4 Å². The van der Waals surface area contributed by atoms with Gasteiger partial charge in [0, 0.05) is 25.4 Å². The number of nitrogens with zero attached hydrogens (tertiary/aromatic N) is 5. The molecule has 31 heavy (non-hydrogen) atoms. The van der Waals surface area contributed by atoms with E-state index in [1.807, 2.05) is 54.3 Å². The second-order valence-corrected chi connectivity index (χ2v) is 8.23. The van der Waals surface area contributed by atoms with Crippen LogP contribution in [0, 0.1) is 6.92 Å². The normalized spacial score (nSPS) is 13.5. The lowest BCUT2D eigenvalue weighted by Gasteiger charge is -2.22. The largest absolute Gasteiger partial charge is 0.462 e. The number of carbonyl (C=O) groups excluding carboxylic acids is 1. The molecule has 0 aliphatic heterocycles. The van der Waals surface area contributed by atoms with E-state index in [2.05, 4.69) is 25.6 Å². The summed E-state index contributed by atoms with van der Waals surface area (Å²) in [5.41, 5.74) is 1.80. The van der Waals surface area contributed by atoms with Gasteiger partial charge in [-0.05, 0) is 41.8 Å². The minimum atomic E-state index is -0.322. The topological polar surface area (TPSA) is 96.7 Å². The van der Waals surface area contributed by atoms with Gasteiger partial charge in [-0.3, -0.25) is 9.67 Å². The third-order valence-corrected chi connectivity index (χ3v) is 5.82. The summed E-state index contributed by atoms with van der Waals surface area (Å²) in [6, 6.07) is 0.00728. The molecular formula is C20H34IN7O2S. The van der Waals surface area contributed by atoms with Crippen LogP contribution in [0.2, 0.25) is 0 Å². The molecule has 0 bridgehead atoms. The minimum absolute atomic E-state index is 0. The highest BCUT2D eigenvalue weighted by Gasteiger charge is 2.21. The molecule has 9 nitrogen and oxygen atoms in total. The molecule has 0 radical (unpaired) electrons. The lowest BCUT2D eigenvalue weighted by molar-refractivity contribution is 0.0531. The summed E-state index contributed by atoms with van der Waals surface area (Å²) in [5, 5.41) is 11.8. The summed E-state index contributed by atoms with van der Waals surface area (Å²) in [7, 11) is 5.98. The molecule has 0 amide bonds. The summed E-state index contributed by atoms with van der Waals surface area (Å²) < 4.78 is 6.91. The standard InChI is InChI=1S/C20H33N7O2S.HI/c1-8-21-20(22-11-16(26(5)6)15-10-23-27(7)12-15)25-14(4)18-24-13(3)17(30-18)19(28)29-9-2;/h10,12,14,16H,8-9,11H2,1-7H3,(H2,21,22,25);1H. The number of aliphatic imine (C=N–C) groups is 1. The van der Waals surface area contributed by atoms with Crippen molar-refractivity contribution < 1.29 is 9.53 Å². The van der Waals surface area contributed by atoms with Crippen LogP contribution in [0.15, 0.2) is 17.4 Å². The lowest BCUT2D eigenvalue weighted by Crippen LogP contribution is -2.39. The van der Waals surface area contributed by atoms with Crippen LogP contribution in [0.25, 0.3) is 0 Å². The number of halogens is 1. The first kappa shape index (κ1) is 27.3. The SMILES string of the molecule is CCNC(=NCC(c1cnn(C)c1)N(C)C)NC(C)c1nc(C)c(C(=O)OCC)s1.I. The number of thiazole rings is 1. The molecule has 0 aliphatic rings. The second-order valence-electron chi connectivity index (χ2n) is 7.20. The van der Waals surface area contributed by atoms with Gasteiger partial charge in [0.2, 0.25) is 0 Å². The van der Waals surface area contributed by atoms with Crippen LogP contribution in [0.1, 0.15) is 58.8 Å². The number of likely N-dealkylation sites (N-methyl/N-ethyl adjacent to an activating group) is 1. The van der Waals surface area contributed by atoms with E-state index in [1.165, 1.54) is 11.3 Å². The molecule has 2 atom stereocenters. The Hall–Kier alpha value is -1.73. The molecule has 2 unspecified atom stereocenters. The monoisotopic (exact) mass is 563 g/mol. The highest BCUT2D eigenvalue weighted by Crippen LogP contribution is 2.24. The van der Waals surface area contributed by atoms with Crippen molar-refractivity contribution in [1.82, 2.24) is 30.3 Å². The van der Waals surface area contributed by atoms with E-state index in [9.17, 15) is 4.79 Å². The van der Waals surface area contributed by atoms with Crippen molar-refractivity contribution in [2.75, 3.05) is 33.8 Å². The number of hydrogen-bond acceptors (Lipinski definition) is 7. The van der Waals surface area contributed by atoms with Crippen LogP contribution in [0.5, 0.6) is 0 Å². The number of aromatic nitrogens is 3. The molecule has 0 spiro atoms. The highest BCUT2D eigenvalue weighted by atomic mass is 127. The van der Waals surface area contributed by atoms with E-state index in [0.717, 1.165) is 17.1 Å². The van der Waals surface area contributed by atoms with Crippen molar-refractivity contribution in [1.29, 1.82) is 0 Å². The van der Waals surface area contributed by atoms with E-state index in [4.69, 9.17) is 9.73 Å². The Balaban J connectivity index is 0.00000480. The van der Waals surface area contributed by atoms with Crippen LogP contribution < -0.4 is 10.6 Å². The van der Waals surface area contributed by atoms with Crippen molar-refractivity contribution >= 4 is 47.2 Å². The van der Waals surface area contributed by atoms with Gasteiger partial charge in [-0.15, -0.1) is 35.3 Å². The zero-order valence-corrected chi connectivity index (χ0v) is 22.4. The number of hydrogen-bond donors (Lipinski definition) is 2. The first-order valence-corrected chi connectivity index (χ1v) is 10.9. The van der Waals surface area contributed by atoms with Crippen molar-refractivity contribution in [3.8, 4) is 0 Å². The summed E-state index contributed by atoms with van der Waals surface area (Å²) in [4.78, 5) is 24.1. The third-order valence-electron chi connectivity index (χ3n) is 4.50. The molecule has 0 aliphatic carbocycles. The zero-order chi connectivity index (χ0) is 22.3. The van der Waals surface area contributed by atoms with Gasteiger partial charge in [0.1, 0.15) is 9.88 Å². The summed E-state index contributed by atoms with van der Waals surface area (Å²) >= 11 is 1.35. The fourth-order valence-electron chi connectivity index (χ4n) is 2.93. The molecule has 0 saturated heterocycles. The molecule has 174 valence electrons. The molecule has 2 heterocycles. The van der Waals surface area contributed by atoms with Gasteiger partial charge in [-0.1, -0.05) is 0 Å². The summed E-state index contributed by atoms with van der Waals surface area (Å²) in [6.45, 7) is 9.32. The number of carbonyl (C=O) groups is 1. The summed E-state index contributed by atoms with van der Waals surface area (Å²) in [5.74, 6) is 0.378. The zero-order valence-electron chi connectivity index (χ0n) is 19.3. The van der Waals surface area contributed by atoms with E-state index in [-0.39, 0.29) is 42.0 Å². The van der Waals surface area contributed by atoms with E-state index in [1.54, 1.807) is 11.6 Å². The predicted molar refractivity (Wildman–Crippen MR) is 135 cm³/mol. The van der Waals surface area contributed by atoms with Crippen LogP contribution in [-0.2, 0) is 11.8 Å². The van der Waals surface area contributed by atoms with Gasteiger partial charge < -0.3 is 20.3 Å². The minimum Gasteiger partial charge on any atom is -0.462 e. The number of nitrogens with one attached hydrogen (secondary N) is 2. The molecule has 2 rings (SSSR count). The average molecular weight is 564 g/mol. The Labute approximate surface area is 205 Å². The Morgan fingerprint density at radius 2 is 2.10 bits per heavy atom. The number of aryl methyl sites for hydroxylation is 2. The van der Waals surface area contributed by atoms with Crippen LogP contribution in [0.4, 0.5) is 0 Å². The molecule has 0 aromatic carbocycles. The maximum Gasteiger partial charge on any atom is 0.350 e. The van der Waals surface area contributed by atoms with Gasteiger partial charge in [0.15, 0.2) is 5.96 Å². The molecule has 11 heteroatoms. The average Bonchev–Trinajstić information content (AvgIpc) is 3.28. The van der Waals surface area contributed by atoms with Crippen molar-refractivity contribution in [3.05, 3.63) is 33.5 Å². The first-order chi connectivity index (χ1) is 14.3. The van der Waals surface area contributed by atoms with Crippen molar-refractivity contribution in [2.24, 2.45) is 12.0 Å². The van der Waals surface area contributed by atoms with Gasteiger partial charge in [0.25, 0.3) is 0 Å². The lowest BCUT2D eigenvalue weighted by atomic mass is 10.1. The van der Waals surface area contributed by atoms with E-state index < -0.39 is 0 Å². The molecule has 2 N–H and O–H groups in total. The second kappa shape index (κ2) is 13.0. The van der Waals surface area contributed by atoms with Crippen molar-refractivity contribution in [3.63, 3.8) is 0 Å². The maximum absolute atomic E-state index is 12.1. The molecule has 2 aromatic heterocycles. The van der Waals surface area contributed by atoms with Gasteiger partial charge in [0.05, 0.1) is 37.1 Å². The Bertz CT molecular complexity index is 866. The Morgan fingerprint density at radius 3 is 2.65 bits per heavy atom. The van der Waals surface area contributed by atoms with Crippen LogP contribution in [0.3, 0.4) is 0 Å². The number of rotatable bonds is 9. The molecule has 0 saturated carbocycles. The molecule has 0 fully saturated rings. The number of guanidine groups is 1. The highest BCUT2D eigenvalue weighted by molar-refractivity contribution is 14.0. The fraction of sp³-hybridized carbons (Fsp3) is 0.600. The third kappa shape index (κ3) is 7.72. The smallest absolute Gasteiger partial charge is 0.350 e. The molecule has 2 aromatic rings. The van der Waals surface area contributed by atoms with Crippen molar-refractivity contribution in [2.45, 2.75) is 39.8 Å². The quantitative estimate of drug-likeness (QED) is 0.210. The number of ether oxygens (including phenoxy) is 1. The number of esters is 1. The first-order valence-electron chi connectivity index (χ1n) is 10.1. The Morgan fingerprint density at radius 1 is 1.39 bits per heavy atom. The van der Waals surface area contributed by atoms with Gasteiger partial charge in [-0.2, -0.15) is 5.10 Å². The fourth-order valence-corrected chi connectivity index (χ4v) is 3.90. The Kier molecular flexibility index (Phi) is 11.4. The predicted octanol–water partition coefficient (Wildman–Crippen LogP) is 2.90. The summed E-state index contributed by atoms with van der Waals surface area (Å²) in [6.07, 6.45) is 3.89. The maximum atomic E-state index is 12.1. The van der Waals surface area contributed by atoms with E-state index in [0.29, 0.717) is 29.7 Å². The van der Waals surface area contributed by atoms with Crippen LogP contribution >= 0.6 is 35.3 Å². The van der Waals surface area contributed by atoms with Gasteiger partial charge >= 0.3 is 5.97 Å².